The van der Waals surface area contributed by atoms with Crippen LogP contribution in [0.2, 0.25) is 0 Å². The van der Waals surface area contributed by atoms with Gasteiger partial charge in [-0.15, -0.1) is 0 Å². The van der Waals surface area contributed by atoms with E-state index in [1.54, 1.807) is 0 Å². The molecular weight excluding hydrogens is 204 g/mol. The summed E-state index contributed by atoms with van der Waals surface area (Å²) in [6.07, 6.45) is 0.282. The van der Waals surface area contributed by atoms with Gasteiger partial charge in [-0.05, 0) is 18.6 Å². The van der Waals surface area contributed by atoms with Crippen molar-refractivity contribution in [3.05, 3.63) is 35.5 Å². The summed E-state index contributed by atoms with van der Waals surface area (Å²) in [6.45, 7) is 2.32. The maximum Gasteiger partial charge on any atom is 0.284 e. The highest BCUT2D eigenvalue weighted by molar-refractivity contribution is 6.23. The van der Waals surface area contributed by atoms with Crippen molar-refractivity contribution in [1.29, 1.82) is 0 Å². The van der Waals surface area contributed by atoms with Gasteiger partial charge in [-0.25, -0.2) is 0 Å². The third kappa shape index (κ3) is 1.82. The van der Waals surface area contributed by atoms with Gasteiger partial charge in [0.15, 0.2) is 0 Å². The largest absolute Gasteiger partial charge is 0.358 e. The fraction of sp³-hybridized carbons (Fsp3) is 0.167. The minimum atomic E-state index is -0.593. The molecule has 16 heavy (non-hydrogen) atoms. The normalized spacial score (nSPS) is 10.3. The van der Waals surface area contributed by atoms with Crippen LogP contribution in [-0.4, -0.2) is 17.2 Å². The number of aromatic nitrogens is 1. The smallest absolute Gasteiger partial charge is 0.284 e. The Balaban J connectivity index is 2.32. The second-order valence-corrected chi connectivity index (χ2v) is 3.61. The number of rotatable bonds is 3. The van der Waals surface area contributed by atoms with Gasteiger partial charge in [0.05, 0.1) is 0 Å². The predicted molar refractivity (Wildman–Crippen MR) is 60.9 cm³/mol. The lowest BCUT2D eigenvalue weighted by Gasteiger charge is -2.01. The van der Waals surface area contributed by atoms with E-state index in [1.807, 2.05) is 31.2 Å². The van der Waals surface area contributed by atoms with Gasteiger partial charge in [0, 0.05) is 23.1 Å². The van der Waals surface area contributed by atoms with Gasteiger partial charge < -0.3 is 10.3 Å². The van der Waals surface area contributed by atoms with Crippen LogP contribution in [0.1, 0.15) is 11.3 Å². The summed E-state index contributed by atoms with van der Waals surface area (Å²) in [7, 11) is 0. The molecule has 0 spiro atoms. The molecule has 0 atom stereocenters. The molecule has 1 aromatic carbocycles. The third-order valence-corrected chi connectivity index (χ3v) is 2.57. The zero-order chi connectivity index (χ0) is 11.5. The van der Waals surface area contributed by atoms with Gasteiger partial charge >= 0.3 is 0 Å². The third-order valence-electron chi connectivity index (χ3n) is 2.57. The topological polar surface area (TPSA) is 62.0 Å². The summed E-state index contributed by atoms with van der Waals surface area (Å²) in [5, 5.41) is 3.62. The number of para-hydroxylation sites is 1. The molecule has 2 rings (SSSR count). The lowest BCUT2D eigenvalue weighted by atomic mass is 10.1. The number of hydrogen-bond acceptors (Lipinski definition) is 2. The van der Waals surface area contributed by atoms with Crippen LogP contribution in [-0.2, 0) is 16.1 Å². The van der Waals surface area contributed by atoms with Crippen LogP contribution in [0.5, 0.6) is 0 Å². The van der Waals surface area contributed by atoms with Crippen molar-refractivity contribution in [1.82, 2.24) is 10.3 Å². The van der Waals surface area contributed by atoms with E-state index in [1.165, 1.54) is 0 Å². The number of aromatic amines is 1. The van der Waals surface area contributed by atoms with Crippen molar-refractivity contribution in [2.45, 2.75) is 13.5 Å². The van der Waals surface area contributed by atoms with E-state index in [9.17, 15) is 9.59 Å². The Morgan fingerprint density at radius 3 is 2.94 bits per heavy atom. The number of carbonyl (C=O) groups excluding carboxylic acids is 2. The molecule has 0 aliphatic carbocycles. The summed E-state index contributed by atoms with van der Waals surface area (Å²) in [6, 6.07) is 7.86. The second kappa shape index (κ2) is 4.18. The van der Waals surface area contributed by atoms with Gasteiger partial charge in [-0.2, -0.15) is 0 Å². The standard InChI is InChI=1S/C12H12N2O2/c1-8-10(6-13-12(16)7-15)9-4-2-3-5-11(9)14-8/h2-5,7,14H,6H2,1H3,(H,13,16). The van der Waals surface area contributed by atoms with Crippen LogP contribution in [0, 0.1) is 6.92 Å². The molecule has 0 saturated heterocycles. The number of benzene rings is 1. The Morgan fingerprint density at radius 2 is 2.19 bits per heavy atom. The van der Waals surface area contributed by atoms with Crippen molar-refractivity contribution in [2.24, 2.45) is 0 Å². The van der Waals surface area contributed by atoms with Gasteiger partial charge in [0.1, 0.15) is 0 Å². The zero-order valence-electron chi connectivity index (χ0n) is 8.91. The van der Waals surface area contributed by atoms with Gasteiger partial charge in [-0.1, -0.05) is 18.2 Å². The van der Waals surface area contributed by atoms with Crippen LogP contribution >= 0.6 is 0 Å². The van der Waals surface area contributed by atoms with Gasteiger partial charge in [-0.3, -0.25) is 9.59 Å². The number of H-pyrrole nitrogens is 1. The van der Waals surface area contributed by atoms with Crippen LogP contribution in [0.25, 0.3) is 10.9 Å². The van der Waals surface area contributed by atoms with Crippen molar-refractivity contribution in [2.75, 3.05) is 0 Å². The fourth-order valence-corrected chi connectivity index (χ4v) is 1.78. The van der Waals surface area contributed by atoms with Crippen LogP contribution in [0.3, 0.4) is 0 Å². The average Bonchev–Trinajstić information content (AvgIpc) is 2.62. The number of nitrogens with one attached hydrogen (secondary N) is 2. The summed E-state index contributed by atoms with van der Waals surface area (Å²) >= 11 is 0. The van der Waals surface area contributed by atoms with E-state index in [4.69, 9.17) is 0 Å². The number of hydrogen-bond donors (Lipinski definition) is 2. The Morgan fingerprint density at radius 1 is 1.44 bits per heavy atom. The fourth-order valence-electron chi connectivity index (χ4n) is 1.78. The monoisotopic (exact) mass is 216 g/mol. The van der Waals surface area contributed by atoms with E-state index in [0.717, 1.165) is 22.2 Å². The number of fused-ring (bicyclic) bond motifs is 1. The number of aryl methyl sites for hydroxylation is 1. The Hall–Kier alpha value is -2.10. The van der Waals surface area contributed by atoms with Gasteiger partial charge in [0.2, 0.25) is 6.29 Å². The van der Waals surface area contributed by atoms with E-state index < -0.39 is 5.91 Å². The van der Waals surface area contributed by atoms with Crippen molar-refractivity contribution in [3.63, 3.8) is 0 Å². The molecule has 4 nitrogen and oxygen atoms in total. The van der Waals surface area contributed by atoms with Crippen molar-refractivity contribution in [3.8, 4) is 0 Å². The molecule has 1 heterocycles. The quantitative estimate of drug-likeness (QED) is 0.600. The predicted octanol–water partition coefficient (Wildman–Crippen LogP) is 1.29. The molecule has 0 aliphatic rings. The van der Waals surface area contributed by atoms with Crippen LogP contribution in [0.15, 0.2) is 24.3 Å². The first-order chi connectivity index (χ1) is 7.72. The van der Waals surface area contributed by atoms with E-state index in [2.05, 4.69) is 10.3 Å². The minimum Gasteiger partial charge on any atom is -0.358 e. The van der Waals surface area contributed by atoms with E-state index >= 15 is 0 Å². The van der Waals surface area contributed by atoms with Crippen molar-refractivity contribution < 1.29 is 9.59 Å². The molecule has 2 N–H and O–H groups in total. The molecule has 2 aromatic rings. The Kier molecular flexibility index (Phi) is 2.72. The van der Waals surface area contributed by atoms with Crippen LogP contribution in [0.4, 0.5) is 0 Å². The highest BCUT2D eigenvalue weighted by Crippen LogP contribution is 2.21. The second-order valence-electron chi connectivity index (χ2n) is 3.61. The molecular formula is C12H12N2O2. The number of carbonyl (C=O) groups is 2. The summed E-state index contributed by atoms with van der Waals surface area (Å²) in [5.41, 5.74) is 3.06. The molecule has 82 valence electrons. The van der Waals surface area contributed by atoms with Crippen molar-refractivity contribution >= 4 is 23.1 Å². The Bertz CT molecular complexity index is 543. The van der Waals surface area contributed by atoms with Gasteiger partial charge in [0.25, 0.3) is 5.91 Å². The molecule has 0 saturated carbocycles. The first-order valence-corrected chi connectivity index (χ1v) is 5.01. The molecule has 4 heteroatoms. The summed E-state index contributed by atoms with van der Waals surface area (Å²) < 4.78 is 0. The minimum absolute atomic E-state index is 0.282. The number of aldehydes is 1. The Labute approximate surface area is 92.7 Å². The zero-order valence-corrected chi connectivity index (χ0v) is 8.91. The summed E-state index contributed by atoms with van der Waals surface area (Å²) in [4.78, 5) is 24.3. The van der Waals surface area contributed by atoms with Crippen LogP contribution < -0.4 is 5.32 Å². The highest BCUT2D eigenvalue weighted by Gasteiger charge is 2.08. The molecule has 0 fully saturated rings. The summed E-state index contributed by atoms with van der Waals surface area (Å²) in [5.74, 6) is -0.593. The lowest BCUT2D eigenvalue weighted by Crippen LogP contribution is -2.23. The molecule has 0 aliphatic heterocycles. The first-order valence-electron chi connectivity index (χ1n) is 5.01. The molecule has 0 unspecified atom stereocenters. The van der Waals surface area contributed by atoms with E-state index in [0.29, 0.717) is 6.54 Å². The highest BCUT2D eigenvalue weighted by atomic mass is 16.2. The molecule has 1 amide bonds. The number of amides is 1. The maximum absolute atomic E-state index is 10.9. The molecule has 0 radical (unpaired) electrons. The van der Waals surface area contributed by atoms with E-state index in [-0.39, 0.29) is 6.29 Å². The lowest BCUT2D eigenvalue weighted by molar-refractivity contribution is -0.131. The SMILES string of the molecule is Cc1[nH]c2ccccc2c1CNC(=O)C=O. The molecule has 0 bridgehead atoms. The average molecular weight is 216 g/mol. The molecule has 1 aromatic heterocycles. The first kappa shape index (κ1) is 10.4. The maximum atomic E-state index is 10.9.